The summed E-state index contributed by atoms with van der Waals surface area (Å²) < 4.78 is 1.81. The second kappa shape index (κ2) is 9.96. The molecule has 33 heavy (non-hydrogen) atoms. The zero-order chi connectivity index (χ0) is 23.2. The molecule has 1 atom stereocenters. The van der Waals surface area contributed by atoms with Gasteiger partial charge in [-0.3, -0.25) is 14.3 Å². The average molecular weight is 440 g/mol. The van der Waals surface area contributed by atoms with E-state index in [0.29, 0.717) is 6.54 Å². The van der Waals surface area contributed by atoms with Crippen molar-refractivity contribution >= 4 is 11.9 Å². The van der Waals surface area contributed by atoms with Gasteiger partial charge in [0.2, 0.25) is 0 Å². The van der Waals surface area contributed by atoms with Crippen molar-refractivity contribution in [2.45, 2.75) is 25.9 Å². The van der Waals surface area contributed by atoms with E-state index in [1.165, 1.54) is 0 Å². The lowest BCUT2D eigenvalue weighted by Crippen LogP contribution is -2.31. The predicted molar refractivity (Wildman–Crippen MR) is 127 cm³/mol. The Kier molecular flexibility index (Phi) is 6.64. The molecule has 1 aromatic heterocycles. The third-order valence-electron chi connectivity index (χ3n) is 5.51. The molecule has 0 spiro atoms. The monoisotopic (exact) mass is 439 g/mol. The maximum atomic E-state index is 13.2. The van der Waals surface area contributed by atoms with E-state index in [1.807, 2.05) is 91.9 Å². The van der Waals surface area contributed by atoms with E-state index >= 15 is 0 Å². The number of amides is 1. The molecule has 0 fully saturated rings. The summed E-state index contributed by atoms with van der Waals surface area (Å²) in [6.45, 7) is 2.41. The summed E-state index contributed by atoms with van der Waals surface area (Å²) in [5.74, 6) is -1.39. The van der Waals surface area contributed by atoms with Crippen molar-refractivity contribution in [1.82, 2.24) is 15.1 Å². The second-order valence-electron chi connectivity index (χ2n) is 7.90. The number of rotatable bonds is 8. The van der Waals surface area contributed by atoms with E-state index < -0.39 is 17.9 Å². The Morgan fingerprint density at radius 1 is 0.939 bits per heavy atom. The number of nitrogens with zero attached hydrogens (tertiary/aromatic N) is 2. The van der Waals surface area contributed by atoms with Crippen molar-refractivity contribution in [2.75, 3.05) is 0 Å². The van der Waals surface area contributed by atoms with E-state index in [-0.39, 0.29) is 12.1 Å². The van der Waals surface area contributed by atoms with Crippen molar-refractivity contribution < 1.29 is 14.7 Å². The van der Waals surface area contributed by atoms with Crippen LogP contribution in [-0.4, -0.2) is 26.8 Å². The van der Waals surface area contributed by atoms with Crippen LogP contribution in [0.3, 0.4) is 0 Å². The third-order valence-corrected chi connectivity index (χ3v) is 5.51. The highest BCUT2D eigenvalue weighted by Crippen LogP contribution is 2.24. The molecule has 4 rings (SSSR count). The van der Waals surface area contributed by atoms with E-state index in [1.54, 1.807) is 10.7 Å². The smallest absolute Gasteiger partial charge is 0.305 e. The molecule has 0 aliphatic rings. The molecule has 2 N–H and O–H groups in total. The summed E-state index contributed by atoms with van der Waals surface area (Å²) in [5, 5.41) is 16.9. The van der Waals surface area contributed by atoms with Crippen LogP contribution in [0.25, 0.3) is 11.3 Å². The molecular formula is C27H25N3O3. The number of nitrogens with one attached hydrogen (secondary N) is 1. The van der Waals surface area contributed by atoms with Crippen LogP contribution in [0, 0.1) is 6.92 Å². The lowest BCUT2D eigenvalue weighted by atomic mass is 9.98. The molecule has 0 saturated heterocycles. The predicted octanol–water partition coefficient (Wildman–Crippen LogP) is 4.85. The van der Waals surface area contributed by atoms with Gasteiger partial charge in [0.1, 0.15) is 0 Å². The molecule has 3 aromatic carbocycles. The maximum absolute atomic E-state index is 13.2. The molecule has 1 amide bonds. The number of hydrogen-bond donors (Lipinski definition) is 2. The van der Waals surface area contributed by atoms with E-state index in [2.05, 4.69) is 10.4 Å². The van der Waals surface area contributed by atoms with Gasteiger partial charge in [-0.05, 0) is 35.2 Å². The summed E-state index contributed by atoms with van der Waals surface area (Å²) in [6.07, 6.45) is -0.215. The highest BCUT2D eigenvalue weighted by molar-refractivity contribution is 5.94. The number of benzene rings is 3. The van der Waals surface area contributed by atoms with Crippen LogP contribution in [0.5, 0.6) is 0 Å². The van der Waals surface area contributed by atoms with Crippen LogP contribution in [0.2, 0.25) is 0 Å². The Morgan fingerprint density at radius 2 is 1.58 bits per heavy atom. The Hall–Kier alpha value is -4.19. The summed E-state index contributed by atoms with van der Waals surface area (Å²) in [6, 6.07) is 28.2. The Labute approximate surface area is 192 Å². The van der Waals surface area contributed by atoms with Crippen molar-refractivity contribution in [3.05, 3.63) is 113 Å². The lowest BCUT2D eigenvalue weighted by Gasteiger charge is -2.18. The van der Waals surface area contributed by atoms with Crippen molar-refractivity contribution in [3.63, 3.8) is 0 Å². The maximum Gasteiger partial charge on any atom is 0.305 e. The normalized spacial score (nSPS) is 11.7. The largest absolute Gasteiger partial charge is 0.481 e. The van der Waals surface area contributed by atoms with Crippen LogP contribution in [0.15, 0.2) is 91.0 Å². The number of carboxylic acid groups (broad SMARTS) is 1. The summed E-state index contributed by atoms with van der Waals surface area (Å²) in [7, 11) is 0. The highest BCUT2D eigenvalue weighted by Gasteiger charge is 2.23. The van der Waals surface area contributed by atoms with E-state index in [9.17, 15) is 14.7 Å². The van der Waals surface area contributed by atoms with Gasteiger partial charge in [0.05, 0.1) is 24.7 Å². The van der Waals surface area contributed by atoms with Crippen molar-refractivity contribution in [3.8, 4) is 11.3 Å². The first kappa shape index (κ1) is 22.0. The topological polar surface area (TPSA) is 84.2 Å². The quantitative estimate of drug-likeness (QED) is 0.411. The number of hydrogen-bond acceptors (Lipinski definition) is 3. The summed E-state index contributed by atoms with van der Waals surface area (Å²) in [5.41, 5.74) is 4.77. The number of carboxylic acids is 1. The lowest BCUT2D eigenvalue weighted by molar-refractivity contribution is -0.137. The molecule has 0 aliphatic carbocycles. The molecule has 6 heteroatoms. The minimum absolute atomic E-state index is 0.215. The van der Waals surface area contributed by atoms with Crippen LogP contribution in [0.4, 0.5) is 0 Å². The van der Waals surface area contributed by atoms with Crippen LogP contribution < -0.4 is 5.32 Å². The van der Waals surface area contributed by atoms with Gasteiger partial charge in [0, 0.05) is 0 Å². The molecule has 4 aromatic rings. The fourth-order valence-corrected chi connectivity index (χ4v) is 3.87. The molecule has 0 aliphatic heterocycles. The zero-order valence-electron chi connectivity index (χ0n) is 18.3. The van der Waals surface area contributed by atoms with Gasteiger partial charge in [-0.2, -0.15) is 5.10 Å². The molecule has 0 radical (unpaired) electrons. The Bertz CT molecular complexity index is 1250. The Morgan fingerprint density at radius 3 is 2.24 bits per heavy atom. The molecular weight excluding hydrogens is 414 g/mol. The van der Waals surface area contributed by atoms with Gasteiger partial charge in [-0.1, -0.05) is 84.9 Å². The second-order valence-corrected chi connectivity index (χ2v) is 7.90. The minimum atomic E-state index is -0.983. The van der Waals surface area contributed by atoms with Gasteiger partial charge < -0.3 is 10.4 Å². The van der Waals surface area contributed by atoms with Gasteiger partial charge >= 0.3 is 5.97 Å². The number of aromatic nitrogens is 2. The van der Waals surface area contributed by atoms with Gasteiger partial charge in [-0.25, -0.2) is 0 Å². The number of aliphatic carboxylic acids is 1. The number of carbonyl (C=O) groups is 2. The average Bonchev–Trinajstić information content (AvgIpc) is 3.24. The number of carbonyl (C=O) groups excluding carboxylic acids is 1. The van der Waals surface area contributed by atoms with Crippen LogP contribution in [0.1, 0.15) is 39.6 Å². The zero-order valence-corrected chi connectivity index (χ0v) is 18.3. The van der Waals surface area contributed by atoms with E-state index in [0.717, 1.165) is 27.9 Å². The molecule has 6 nitrogen and oxygen atoms in total. The first-order valence-electron chi connectivity index (χ1n) is 10.8. The Balaban J connectivity index is 1.66. The van der Waals surface area contributed by atoms with E-state index in [4.69, 9.17) is 0 Å². The SMILES string of the molecule is Cc1ccccc1[C@H](CC(=O)O)NC(=O)c1cc(-c2ccccc2)n(Cc2ccccc2)n1. The van der Waals surface area contributed by atoms with Crippen LogP contribution in [-0.2, 0) is 11.3 Å². The third kappa shape index (κ3) is 5.36. The molecule has 0 saturated carbocycles. The molecule has 0 bridgehead atoms. The minimum Gasteiger partial charge on any atom is -0.481 e. The fraction of sp³-hybridized carbons (Fsp3) is 0.148. The van der Waals surface area contributed by atoms with Crippen LogP contribution >= 0.6 is 0 Å². The summed E-state index contributed by atoms with van der Waals surface area (Å²) in [4.78, 5) is 24.7. The van der Waals surface area contributed by atoms with Gasteiger partial charge in [0.25, 0.3) is 5.91 Å². The van der Waals surface area contributed by atoms with Crippen molar-refractivity contribution in [2.24, 2.45) is 0 Å². The van der Waals surface area contributed by atoms with Gasteiger partial charge in [0.15, 0.2) is 5.69 Å². The number of aryl methyl sites for hydroxylation is 1. The van der Waals surface area contributed by atoms with Crippen molar-refractivity contribution in [1.29, 1.82) is 0 Å². The first-order valence-corrected chi connectivity index (χ1v) is 10.8. The van der Waals surface area contributed by atoms with Gasteiger partial charge in [-0.15, -0.1) is 0 Å². The molecule has 166 valence electrons. The molecule has 1 heterocycles. The standard InChI is InChI=1S/C27H25N3O3/c1-19-10-8-9-15-22(19)23(17-26(31)32)28-27(33)24-16-25(21-13-6-3-7-14-21)30(29-24)18-20-11-4-2-5-12-20/h2-16,23H,17-18H2,1H3,(H,28,33)(H,31,32)/t23-/m0/s1. The summed E-state index contributed by atoms with van der Waals surface area (Å²) >= 11 is 0. The highest BCUT2D eigenvalue weighted by atomic mass is 16.4. The molecule has 0 unspecified atom stereocenters. The fourth-order valence-electron chi connectivity index (χ4n) is 3.87. The first-order chi connectivity index (χ1) is 16.0.